The van der Waals surface area contributed by atoms with Crippen LogP contribution in [0.25, 0.3) is 11.1 Å². The van der Waals surface area contributed by atoms with E-state index >= 15 is 0 Å². The van der Waals surface area contributed by atoms with Crippen LogP contribution in [0.1, 0.15) is 73.7 Å². The Bertz CT molecular complexity index is 1370. The van der Waals surface area contributed by atoms with Crippen molar-refractivity contribution in [3.63, 3.8) is 0 Å². The first-order chi connectivity index (χ1) is 20.9. The van der Waals surface area contributed by atoms with E-state index in [2.05, 4.69) is 41.4 Å². The van der Waals surface area contributed by atoms with Crippen molar-refractivity contribution >= 4 is 11.9 Å². The molecule has 0 aromatic heterocycles. The molecule has 2 heterocycles. The molecule has 4 atom stereocenters. The summed E-state index contributed by atoms with van der Waals surface area (Å²) >= 11 is 0. The van der Waals surface area contributed by atoms with Crippen LogP contribution in [0.4, 0.5) is 0 Å². The highest BCUT2D eigenvalue weighted by Crippen LogP contribution is 2.42. The average molecular weight is 587 g/mol. The molecular weight excluding hydrogens is 544 g/mol. The van der Waals surface area contributed by atoms with E-state index < -0.39 is 12.3 Å². The van der Waals surface area contributed by atoms with Gasteiger partial charge in [0, 0.05) is 31.0 Å². The smallest absolute Gasteiger partial charge is 0.303 e. The van der Waals surface area contributed by atoms with Crippen molar-refractivity contribution in [2.24, 2.45) is 5.92 Å². The van der Waals surface area contributed by atoms with Crippen LogP contribution in [-0.2, 0) is 32.2 Å². The van der Waals surface area contributed by atoms with Gasteiger partial charge in [0.2, 0.25) is 5.91 Å². The molecule has 2 aliphatic rings. The molecule has 43 heavy (non-hydrogen) atoms. The van der Waals surface area contributed by atoms with Gasteiger partial charge in [0.1, 0.15) is 0 Å². The second kappa shape index (κ2) is 14.8. The molecule has 0 radical (unpaired) electrons. The number of aliphatic hydroxyl groups excluding tert-OH is 1. The number of amides is 1. The molecule has 1 amide bonds. The van der Waals surface area contributed by atoms with Gasteiger partial charge < -0.3 is 29.9 Å². The van der Waals surface area contributed by atoms with Crippen LogP contribution in [0.15, 0.2) is 72.8 Å². The summed E-state index contributed by atoms with van der Waals surface area (Å²) < 4.78 is 13.4. The highest BCUT2D eigenvalue weighted by atomic mass is 16.7. The Morgan fingerprint density at radius 3 is 2.30 bits per heavy atom. The number of aliphatic carboxylic acids is 1. The first kappa shape index (κ1) is 30.9. The van der Waals surface area contributed by atoms with E-state index in [9.17, 15) is 14.7 Å². The number of nitrogens with zero attached hydrogens (tertiary/aromatic N) is 1. The Labute approximate surface area is 253 Å². The second-order valence-corrected chi connectivity index (χ2v) is 11.7. The number of aliphatic hydroxyl groups is 1. The fraction of sp³-hybridized carbons (Fsp3) is 0.429. The van der Waals surface area contributed by atoms with Gasteiger partial charge in [0.25, 0.3) is 0 Å². The van der Waals surface area contributed by atoms with Crippen molar-refractivity contribution in [2.75, 3.05) is 19.6 Å². The van der Waals surface area contributed by atoms with E-state index in [1.165, 1.54) is 19.3 Å². The van der Waals surface area contributed by atoms with Crippen LogP contribution < -0.4 is 5.32 Å². The van der Waals surface area contributed by atoms with Crippen molar-refractivity contribution in [1.82, 2.24) is 10.2 Å². The molecule has 0 saturated carbocycles. The largest absolute Gasteiger partial charge is 0.481 e. The minimum atomic E-state index is -0.985. The quantitative estimate of drug-likeness (QED) is 0.268. The van der Waals surface area contributed by atoms with Gasteiger partial charge in [-0.05, 0) is 65.9 Å². The van der Waals surface area contributed by atoms with E-state index in [1.807, 2.05) is 48.5 Å². The maximum Gasteiger partial charge on any atom is 0.303 e. The van der Waals surface area contributed by atoms with Crippen molar-refractivity contribution < 1.29 is 29.3 Å². The molecule has 0 spiro atoms. The summed E-state index contributed by atoms with van der Waals surface area (Å²) in [6.07, 6.45) is 2.81. The molecule has 2 fully saturated rings. The molecule has 5 rings (SSSR count). The third kappa shape index (κ3) is 8.30. The number of carbonyl (C=O) groups is 2. The molecule has 3 aromatic carbocycles. The topological polar surface area (TPSA) is 108 Å². The maximum absolute atomic E-state index is 12.0. The molecule has 2 saturated heterocycles. The van der Waals surface area contributed by atoms with Gasteiger partial charge >= 0.3 is 5.97 Å². The first-order valence-corrected chi connectivity index (χ1v) is 15.3. The minimum Gasteiger partial charge on any atom is -0.481 e. The van der Waals surface area contributed by atoms with Crippen LogP contribution >= 0.6 is 0 Å². The van der Waals surface area contributed by atoms with E-state index in [-0.39, 0.29) is 43.5 Å². The number of carboxylic acid groups (broad SMARTS) is 1. The van der Waals surface area contributed by atoms with E-state index in [0.29, 0.717) is 6.54 Å². The van der Waals surface area contributed by atoms with E-state index in [0.717, 1.165) is 53.0 Å². The van der Waals surface area contributed by atoms with Gasteiger partial charge in [-0.15, -0.1) is 0 Å². The molecule has 0 bridgehead atoms. The number of rotatable bonds is 11. The fourth-order valence-corrected chi connectivity index (χ4v) is 5.96. The minimum absolute atomic E-state index is 0.00362. The summed E-state index contributed by atoms with van der Waals surface area (Å²) in [5.74, 6) is -1.12. The molecule has 228 valence electrons. The summed E-state index contributed by atoms with van der Waals surface area (Å²) in [7, 11) is 0. The first-order valence-electron chi connectivity index (χ1n) is 15.3. The number of carbonyl (C=O) groups excluding carboxylic acids is 1. The third-order valence-electron chi connectivity index (χ3n) is 8.48. The predicted octanol–water partition coefficient (Wildman–Crippen LogP) is 5.60. The lowest BCUT2D eigenvalue weighted by Crippen LogP contribution is -2.45. The average Bonchev–Trinajstić information content (AvgIpc) is 3.04. The number of likely N-dealkylation sites (tertiary alicyclic amines) is 1. The van der Waals surface area contributed by atoms with Crippen molar-refractivity contribution in [3.05, 3.63) is 95.1 Å². The maximum atomic E-state index is 12.0. The molecule has 0 unspecified atom stereocenters. The highest BCUT2D eigenvalue weighted by Gasteiger charge is 2.39. The molecule has 8 nitrogen and oxygen atoms in total. The van der Waals surface area contributed by atoms with Crippen LogP contribution in [0.3, 0.4) is 0 Å². The summed E-state index contributed by atoms with van der Waals surface area (Å²) in [6.45, 7) is 5.60. The Hall–Kier alpha value is -3.56. The van der Waals surface area contributed by atoms with Crippen LogP contribution in [0, 0.1) is 5.92 Å². The number of hydrogen-bond acceptors (Lipinski definition) is 6. The number of ether oxygens (including phenoxy) is 2. The monoisotopic (exact) mass is 586 g/mol. The number of benzene rings is 3. The Balaban J connectivity index is 1.35. The normalized spacial score (nSPS) is 22.7. The summed E-state index contributed by atoms with van der Waals surface area (Å²) in [6, 6.07) is 24.2. The van der Waals surface area contributed by atoms with Crippen molar-refractivity contribution in [3.8, 4) is 11.1 Å². The number of nitrogens with one attached hydrogen (secondary N) is 1. The molecule has 2 aliphatic heterocycles. The zero-order valence-corrected chi connectivity index (χ0v) is 24.8. The second-order valence-electron chi connectivity index (χ2n) is 11.7. The van der Waals surface area contributed by atoms with Gasteiger partial charge in [-0.25, -0.2) is 0 Å². The molecular formula is C35H42N2O6. The fourth-order valence-electron chi connectivity index (χ4n) is 5.96. The van der Waals surface area contributed by atoms with Gasteiger partial charge in [-0.2, -0.15) is 0 Å². The van der Waals surface area contributed by atoms with Crippen LogP contribution in [0.5, 0.6) is 0 Å². The molecule has 3 N–H and O–H groups in total. The van der Waals surface area contributed by atoms with E-state index in [4.69, 9.17) is 14.6 Å². The van der Waals surface area contributed by atoms with Gasteiger partial charge in [0.15, 0.2) is 6.29 Å². The standard InChI is InChI=1S/C35H42N2O6/c1-24-31(22-37-17-3-2-4-18-37)42-35(43-34(24)27-13-11-25(23-38)12-14-27)30-10-6-9-29(20-30)28-8-5-7-26(19-28)21-36-32(39)15-16-33(40)41/h5-14,19-20,24,31,34-35,38H,2-4,15-18,21-23H2,1H3,(H,36,39)(H,40,41)/t24-,31+,34+,35+/m1/s1. The number of hydrogen-bond donors (Lipinski definition) is 3. The summed E-state index contributed by atoms with van der Waals surface area (Å²) in [4.78, 5) is 25.3. The zero-order valence-electron chi connectivity index (χ0n) is 24.8. The van der Waals surface area contributed by atoms with Crippen LogP contribution in [-0.4, -0.2) is 52.7 Å². The lowest BCUT2D eigenvalue weighted by molar-refractivity contribution is -0.276. The summed E-state index contributed by atoms with van der Waals surface area (Å²) in [5, 5.41) is 21.2. The van der Waals surface area contributed by atoms with E-state index in [1.54, 1.807) is 0 Å². The Morgan fingerprint density at radius 2 is 1.58 bits per heavy atom. The van der Waals surface area contributed by atoms with Crippen LogP contribution in [0.2, 0.25) is 0 Å². The zero-order chi connectivity index (χ0) is 30.2. The third-order valence-corrected chi connectivity index (χ3v) is 8.48. The molecule has 8 heteroatoms. The lowest BCUT2D eigenvalue weighted by Gasteiger charge is -2.43. The van der Waals surface area contributed by atoms with Crippen molar-refractivity contribution in [2.45, 2.75) is 70.7 Å². The van der Waals surface area contributed by atoms with Crippen molar-refractivity contribution in [1.29, 1.82) is 0 Å². The lowest BCUT2D eigenvalue weighted by atomic mass is 9.89. The van der Waals surface area contributed by atoms with Gasteiger partial charge in [0.05, 0.1) is 25.2 Å². The summed E-state index contributed by atoms with van der Waals surface area (Å²) in [5.41, 5.74) is 5.84. The van der Waals surface area contributed by atoms with Gasteiger partial charge in [-0.1, -0.05) is 74.0 Å². The predicted molar refractivity (Wildman–Crippen MR) is 164 cm³/mol. The Morgan fingerprint density at radius 1 is 0.860 bits per heavy atom. The Kier molecular flexibility index (Phi) is 10.6. The number of piperidine rings is 1. The molecule has 3 aromatic rings. The number of carboxylic acids is 1. The highest BCUT2D eigenvalue weighted by molar-refractivity contribution is 5.80. The SMILES string of the molecule is C[C@@H]1[C@H](CN2CCCCC2)O[C@H](c2cccc(-c3cccc(CNC(=O)CCC(=O)O)c3)c2)O[C@@H]1c1ccc(CO)cc1. The molecule has 0 aliphatic carbocycles. The van der Waals surface area contributed by atoms with Gasteiger partial charge in [-0.3, -0.25) is 9.59 Å².